The van der Waals surface area contributed by atoms with E-state index >= 15 is 0 Å². The molecule has 1 unspecified atom stereocenters. The van der Waals surface area contributed by atoms with Crippen molar-refractivity contribution in [2.24, 2.45) is 0 Å². The molecule has 1 aromatic carbocycles. The van der Waals surface area contributed by atoms with Crippen molar-refractivity contribution in [1.29, 1.82) is 0 Å². The fraction of sp³-hybridized carbons (Fsp3) is 0.143. The highest BCUT2D eigenvalue weighted by molar-refractivity contribution is 6.00. The molecule has 2 aromatic rings. The lowest BCUT2D eigenvalue weighted by molar-refractivity contribution is -0.137. The predicted molar refractivity (Wildman–Crippen MR) is 69.5 cm³/mol. The van der Waals surface area contributed by atoms with Gasteiger partial charge < -0.3 is 10.6 Å². The Morgan fingerprint density at radius 1 is 1.05 bits per heavy atom. The number of fused-ring (bicyclic) bond motifs is 1. The number of nitrogens with one attached hydrogen (secondary N) is 2. The number of rotatable bonds is 1. The minimum Gasteiger partial charge on any atom is -0.346 e. The average Bonchev–Trinajstić information content (AvgIpc) is 2.46. The van der Waals surface area contributed by atoms with Crippen molar-refractivity contribution in [2.45, 2.75) is 12.3 Å². The van der Waals surface area contributed by atoms with Gasteiger partial charge in [-0.1, -0.05) is 12.1 Å². The van der Waals surface area contributed by atoms with Gasteiger partial charge in [-0.15, -0.1) is 0 Å². The Labute approximate surface area is 118 Å². The van der Waals surface area contributed by atoms with Crippen LogP contribution in [0.25, 0.3) is 0 Å². The van der Waals surface area contributed by atoms with Crippen molar-refractivity contribution in [3.05, 3.63) is 59.3 Å². The van der Waals surface area contributed by atoms with Crippen LogP contribution in [0, 0.1) is 0 Å². The summed E-state index contributed by atoms with van der Waals surface area (Å²) < 4.78 is 37.6. The number of amides is 1. The number of hydrogen-bond acceptors (Lipinski definition) is 3. The smallest absolute Gasteiger partial charge is 0.346 e. The number of carbonyl (C=O) groups is 1. The minimum atomic E-state index is -4.38. The summed E-state index contributed by atoms with van der Waals surface area (Å²) >= 11 is 0. The second kappa shape index (κ2) is 4.76. The first-order valence-electron chi connectivity index (χ1n) is 6.15. The van der Waals surface area contributed by atoms with E-state index in [0.29, 0.717) is 16.9 Å². The van der Waals surface area contributed by atoms with Gasteiger partial charge in [0.05, 0.1) is 11.1 Å². The zero-order chi connectivity index (χ0) is 15.0. The fourth-order valence-corrected chi connectivity index (χ4v) is 2.12. The van der Waals surface area contributed by atoms with E-state index in [1.807, 2.05) is 0 Å². The summed E-state index contributed by atoms with van der Waals surface area (Å²) in [5.74, 6) is 0.0906. The molecule has 3 rings (SSSR count). The number of aromatic nitrogens is 1. The second-order valence-electron chi connectivity index (χ2n) is 4.57. The molecule has 2 N–H and O–H groups in total. The van der Waals surface area contributed by atoms with E-state index in [-0.39, 0.29) is 5.91 Å². The Kier molecular flexibility index (Phi) is 3.04. The largest absolute Gasteiger partial charge is 0.416 e. The predicted octanol–water partition coefficient (Wildman–Crippen LogP) is 2.95. The SMILES string of the molecule is O=C1NC(c2ccc(C(F)(F)F)cc2)Nc2ncccc21. The van der Waals surface area contributed by atoms with Crippen LogP contribution in [0.2, 0.25) is 0 Å². The van der Waals surface area contributed by atoms with Crippen molar-refractivity contribution in [1.82, 2.24) is 10.3 Å². The van der Waals surface area contributed by atoms with Crippen LogP contribution in [0.1, 0.15) is 27.7 Å². The summed E-state index contributed by atoms with van der Waals surface area (Å²) in [4.78, 5) is 16.0. The Hall–Kier alpha value is -2.57. The molecule has 4 nitrogen and oxygen atoms in total. The zero-order valence-electron chi connectivity index (χ0n) is 10.6. The summed E-state index contributed by atoms with van der Waals surface area (Å²) in [6.07, 6.45) is -3.45. The molecule has 21 heavy (non-hydrogen) atoms. The molecule has 1 amide bonds. The average molecular weight is 293 g/mol. The zero-order valence-corrected chi connectivity index (χ0v) is 10.6. The highest BCUT2D eigenvalue weighted by atomic mass is 19.4. The van der Waals surface area contributed by atoms with Gasteiger partial charge in [0.1, 0.15) is 12.0 Å². The van der Waals surface area contributed by atoms with Crippen molar-refractivity contribution in [2.75, 3.05) is 5.32 Å². The Bertz CT molecular complexity index is 683. The number of hydrogen-bond donors (Lipinski definition) is 2. The molecular formula is C14H10F3N3O. The third kappa shape index (κ3) is 2.54. The maximum absolute atomic E-state index is 12.5. The fourth-order valence-electron chi connectivity index (χ4n) is 2.12. The van der Waals surface area contributed by atoms with Crippen LogP contribution in [0.15, 0.2) is 42.6 Å². The molecule has 0 saturated carbocycles. The first-order valence-corrected chi connectivity index (χ1v) is 6.15. The third-order valence-electron chi connectivity index (χ3n) is 3.18. The summed E-state index contributed by atoms with van der Waals surface area (Å²) in [7, 11) is 0. The highest BCUT2D eigenvalue weighted by Gasteiger charge is 2.31. The summed E-state index contributed by atoms with van der Waals surface area (Å²) in [5, 5.41) is 5.65. The first kappa shape index (κ1) is 13.4. The minimum absolute atomic E-state index is 0.318. The molecular weight excluding hydrogens is 283 g/mol. The molecule has 0 radical (unpaired) electrons. The molecule has 2 heterocycles. The van der Waals surface area contributed by atoms with Crippen LogP contribution in [0.5, 0.6) is 0 Å². The molecule has 0 aliphatic carbocycles. The van der Waals surface area contributed by atoms with Gasteiger partial charge in [-0.05, 0) is 29.8 Å². The number of benzene rings is 1. The molecule has 0 spiro atoms. The molecule has 7 heteroatoms. The topological polar surface area (TPSA) is 54.0 Å². The molecule has 0 saturated heterocycles. The first-order chi connectivity index (χ1) is 9.95. The number of alkyl halides is 3. The number of anilines is 1. The number of nitrogens with zero attached hydrogens (tertiary/aromatic N) is 1. The van der Waals surface area contributed by atoms with Crippen LogP contribution in [0.4, 0.5) is 19.0 Å². The second-order valence-corrected chi connectivity index (χ2v) is 4.57. The monoisotopic (exact) mass is 293 g/mol. The van der Waals surface area contributed by atoms with Gasteiger partial charge in [-0.3, -0.25) is 4.79 Å². The number of pyridine rings is 1. The summed E-state index contributed by atoms with van der Waals surface area (Å²) in [5.41, 5.74) is 0.195. The molecule has 1 aliphatic heterocycles. The molecule has 0 bridgehead atoms. The lowest BCUT2D eigenvalue weighted by atomic mass is 10.1. The molecule has 0 fully saturated rings. The van der Waals surface area contributed by atoms with E-state index in [0.717, 1.165) is 12.1 Å². The van der Waals surface area contributed by atoms with E-state index in [1.165, 1.54) is 18.3 Å². The van der Waals surface area contributed by atoms with E-state index in [9.17, 15) is 18.0 Å². The normalized spacial score (nSPS) is 17.7. The molecule has 1 atom stereocenters. The van der Waals surface area contributed by atoms with Gasteiger partial charge in [0.25, 0.3) is 5.91 Å². The quantitative estimate of drug-likeness (QED) is 0.850. The van der Waals surface area contributed by atoms with Crippen molar-refractivity contribution in [3.8, 4) is 0 Å². The maximum atomic E-state index is 12.5. The van der Waals surface area contributed by atoms with E-state index in [4.69, 9.17) is 0 Å². The van der Waals surface area contributed by atoms with Crippen LogP contribution < -0.4 is 10.6 Å². The standard InChI is InChI=1S/C14H10F3N3O/c15-14(16,17)9-5-3-8(4-6-9)11-19-12-10(13(21)20-11)2-1-7-18-12/h1-7,11H,(H,18,19)(H,20,21). The van der Waals surface area contributed by atoms with Crippen LogP contribution >= 0.6 is 0 Å². The Balaban J connectivity index is 1.88. The Morgan fingerprint density at radius 3 is 2.43 bits per heavy atom. The lowest BCUT2D eigenvalue weighted by Gasteiger charge is -2.27. The van der Waals surface area contributed by atoms with Crippen molar-refractivity contribution >= 4 is 11.7 Å². The van der Waals surface area contributed by atoms with E-state index in [2.05, 4.69) is 15.6 Å². The summed E-state index contributed by atoms with van der Waals surface area (Å²) in [6.45, 7) is 0. The number of halogens is 3. The van der Waals surface area contributed by atoms with E-state index < -0.39 is 17.9 Å². The van der Waals surface area contributed by atoms with E-state index in [1.54, 1.807) is 12.1 Å². The van der Waals surface area contributed by atoms with Gasteiger partial charge in [0.2, 0.25) is 0 Å². The van der Waals surface area contributed by atoms with Crippen LogP contribution in [0.3, 0.4) is 0 Å². The maximum Gasteiger partial charge on any atom is 0.416 e. The highest BCUT2D eigenvalue weighted by Crippen LogP contribution is 2.31. The van der Waals surface area contributed by atoms with Crippen LogP contribution in [-0.2, 0) is 6.18 Å². The molecule has 1 aromatic heterocycles. The van der Waals surface area contributed by atoms with Gasteiger partial charge in [0, 0.05) is 6.20 Å². The van der Waals surface area contributed by atoms with Gasteiger partial charge in [-0.2, -0.15) is 13.2 Å². The Morgan fingerprint density at radius 2 is 1.76 bits per heavy atom. The number of carbonyl (C=O) groups excluding carboxylic acids is 1. The van der Waals surface area contributed by atoms with Gasteiger partial charge in [-0.25, -0.2) is 4.98 Å². The van der Waals surface area contributed by atoms with Crippen molar-refractivity contribution in [3.63, 3.8) is 0 Å². The summed E-state index contributed by atoms with van der Waals surface area (Å²) in [6, 6.07) is 7.88. The van der Waals surface area contributed by atoms with Gasteiger partial charge >= 0.3 is 6.18 Å². The van der Waals surface area contributed by atoms with Crippen LogP contribution in [-0.4, -0.2) is 10.9 Å². The van der Waals surface area contributed by atoms with Gasteiger partial charge in [0.15, 0.2) is 0 Å². The third-order valence-corrected chi connectivity index (χ3v) is 3.18. The lowest BCUT2D eigenvalue weighted by Crippen LogP contribution is -2.38. The molecule has 108 valence electrons. The van der Waals surface area contributed by atoms with Crippen molar-refractivity contribution < 1.29 is 18.0 Å². The molecule has 1 aliphatic rings.